The van der Waals surface area contributed by atoms with Crippen molar-refractivity contribution in [2.75, 3.05) is 25.6 Å². The van der Waals surface area contributed by atoms with Crippen LogP contribution in [0.5, 0.6) is 11.5 Å². The summed E-state index contributed by atoms with van der Waals surface area (Å²) in [7, 11) is 1.56. The highest BCUT2D eigenvalue weighted by atomic mass is 32.1. The third-order valence-electron chi connectivity index (χ3n) is 6.56. The summed E-state index contributed by atoms with van der Waals surface area (Å²) in [5.74, 6) is 1.49. The predicted octanol–water partition coefficient (Wildman–Crippen LogP) is 6.28. The molecule has 206 valence electrons. The standard InChI is InChI=1S/C31H27N5O4S/c1-19-4-8-21(9-5-19)27-17-24-28(41-27)30(37)36(18-33-24)23-12-13-25(26(16-23)38-3)39-15-14-32-31-35-34-29(40-31)22-10-6-20(2)7-11-22/h4-13,16-18H,14-15H2,1-3H3,(H,32,35). The molecular weight excluding hydrogens is 538 g/mol. The number of hydrogen-bond acceptors (Lipinski definition) is 9. The van der Waals surface area contributed by atoms with Gasteiger partial charge in [0.2, 0.25) is 5.89 Å². The third-order valence-corrected chi connectivity index (χ3v) is 7.72. The van der Waals surface area contributed by atoms with Gasteiger partial charge in [0.15, 0.2) is 11.5 Å². The summed E-state index contributed by atoms with van der Waals surface area (Å²) < 4.78 is 19.3. The fourth-order valence-electron chi connectivity index (χ4n) is 4.31. The number of hydrogen-bond donors (Lipinski definition) is 1. The number of nitrogens with zero attached hydrogens (tertiary/aromatic N) is 4. The van der Waals surface area contributed by atoms with Crippen LogP contribution >= 0.6 is 11.3 Å². The Balaban J connectivity index is 1.13. The molecule has 0 atom stereocenters. The van der Waals surface area contributed by atoms with Crippen molar-refractivity contribution in [3.63, 3.8) is 0 Å². The molecule has 6 rings (SSSR count). The zero-order chi connectivity index (χ0) is 28.3. The molecule has 9 nitrogen and oxygen atoms in total. The lowest BCUT2D eigenvalue weighted by atomic mass is 10.1. The first-order valence-corrected chi connectivity index (χ1v) is 13.8. The minimum absolute atomic E-state index is 0.136. The van der Waals surface area contributed by atoms with Gasteiger partial charge in [-0.25, -0.2) is 4.98 Å². The number of fused-ring (bicyclic) bond motifs is 1. The van der Waals surface area contributed by atoms with E-state index in [0.29, 0.717) is 52.5 Å². The van der Waals surface area contributed by atoms with Crippen molar-refractivity contribution in [1.29, 1.82) is 0 Å². The average molecular weight is 566 g/mol. The molecule has 6 aromatic rings. The van der Waals surface area contributed by atoms with E-state index in [1.54, 1.807) is 31.6 Å². The quantitative estimate of drug-likeness (QED) is 0.204. The first-order chi connectivity index (χ1) is 20.0. The summed E-state index contributed by atoms with van der Waals surface area (Å²) in [4.78, 5) is 18.9. The first-order valence-electron chi connectivity index (χ1n) is 13.0. The second kappa shape index (κ2) is 11.3. The van der Waals surface area contributed by atoms with E-state index in [1.807, 2.05) is 37.3 Å². The van der Waals surface area contributed by atoms with E-state index >= 15 is 0 Å². The molecule has 1 N–H and O–H groups in total. The highest BCUT2D eigenvalue weighted by Crippen LogP contribution is 2.32. The Kier molecular flexibility index (Phi) is 7.22. The van der Waals surface area contributed by atoms with Gasteiger partial charge in [-0.2, -0.15) is 0 Å². The van der Waals surface area contributed by atoms with Gasteiger partial charge in [-0.3, -0.25) is 9.36 Å². The minimum Gasteiger partial charge on any atom is -0.493 e. The fraction of sp³-hybridized carbons (Fsp3) is 0.161. The number of nitrogens with one attached hydrogen (secondary N) is 1. The molecule has 3 heterocycles. The van der Waals surface area contributed by atoms with Gasteiger partial charge >= 0.3 is 6.01 Å². The summed E-state index contributed by atoms with van der Waals surface area (Å²) in [6.07, 6.45) is 1.55. The third kappa shape index (κ3) is 5.55. The molecule has 0 unspecified atom stereocenters. The molecular formula is C31H27N5O4S. The SMILES string of the molecule is COc1cc(-n2cnc3cc(-c4ccc(C)cc4)sc3c2=O)ccc1OCCNc1nnc(-c2ccc(C)cc2)o1. The molecule has 0 fully saturated rings. The molecule has 3 aromatic carbocycles. The zero-order valence-corrected chi connectivity index (χ0v) is 23.6. The van der Waals surface area contributed by atoms with Crippen molar-refractivity contribution in [3.8, 4) is 39.1 Å². The lowest BCUT2D eigenvalue weighted by Gasteiger charge is -2.13. The molecule has 0 aliphatic carbocycles. The summed E-state index contributed by atoms with van der Waals surface area (Å²) in [5.41, 5.74) is 5.44. The van der Waals surface area contributed by atoms with E-state index in [0.717, 1.165) is 21.6 Å². The first kappa shape index (κ1) is 26.3. The smallest absolute Gasteiger partial charge is 0.315 e. The summed E-state index contributed by atoms with van der Waals surface area (Å²) in [6, 6.07) is 23.7. The van der Waals surface area contributed by atoms with Crippen LogP contribution in [0.4, 0.5) is 6.01 Å². The van der Waals surface area contributed by atoms with Crippen molar-refractivity contribution in [1.82, 2.24) is 19.7 Å². The monoisotopic (exact) mass is 565 g/mol. The molecule has 0 aliphatic heterocycles. The Hall–Kier alpha value is -4.96. The van der Waals surface area contributed by atoms with E-state index in [-0.39, 0.29) is 5.56 Å². The number of ether oxygens (including phenoxy) is 2. The highest BCUT2D eigenvalue weighted by Gasteiger charge is 2.14. The maximum absolute atomic E-state index is 13.4. The molecule has 10 heteroatoms. The lowest BCUT2D eigenvalue weighted by molar-refractivity contribution is 0.305. The molecule has 0 saturated carbocycles. The normalized spacial score (nSPS) is 11.1. The fourth-order valence-corrected chi connectivity index (χ4v) is 5.35. The molecule has 0 bridgehead atoms. The van der Waals surface area contributed by atoms with Crippen molar-refractivity contribution >= 4 is 27.6 Å². The number of thiophene rings is 1. The molecule has 0 saturated heterocycles. The molecule has 3 aromatic heterocycles. The van der Waals surface area contributed by atoms with Crippen LogP contribution in [0.3, 0.4) is 0 Å². The van der Waals surface area contributed by atoms with Gasteiger partial charge in [0, 0.05) is 16.5 Å². The lowest BCUT2D eigenvalue weighted by Crippen LogP contribution is -2.18. The van der Waals surface area contributed by atoms with Crippen LogP contribution < -0.4 is 20.3 Å². The number of aromatic nitrogens is 4. The molecule has 41 heavy (non-hydrogen) atoms. The summed E-state index contributed by atoms with van der Waals surface area (Å²) in [5, 5.41) is 11.2. The van der Waals surface area contributed by atoms with Crippen LogP contribution in [-0.2, 0) is 0 Å². The molecule has 0 aliphatic rings. The van der Waals surface area contributed by atoms with Gasteiger partial charge in [0.05, 0.1) is 24.9 Å². The van der Waals surface area contributed by atoms with Crippen LogP contribution in [0.15, 0.2) is 88.3 Å². The zero-order valence-electron chi connectivity index (χ0n) is 22.7. The Morgan fingerprint density at radius 3 is 2.37 bits per heavy atom. The predicted molar refractivity (Wildman–Crippen MR) is 160 cm³/mol. The topological polar surface area (TPSA) is 104 Å². The summed E-state index contributed by atoms with van der Waals surface area (Å²) in [6.45, 7) is 4.83. The van der Waals surface area contributed by atoms with E-state index in [9.17, 15) is 4.79 Å². The average Bonchev–Trinajstić information content (AvgIpc) is 3.65. The van der Waals surface area contributed by atoms with Gasteiger partial charge in [-0.15, -0.1) is 16.4 Å². The van der Waals surface area contributed by atoms with Gasteiger partial charge in [-0.05, 0) is 49.7 Å². The summed E-state index contributed by atoms with van der Waals surface area (Å²) >= 11 is 1.44. The van der Waals surface area contributed by atoms with Crippen molar-refractivity contribution < 1.29 is 13.9 Å². The second-order valence-corrected chi connectivity index (χ2v) is 10.6. The van der Waals surface area contributed by atoms with Gasteiger partial charge in [0.1, 0.15) is 17.6 Å². The van der Waals surface area contributed by atoms with Crippen LogP contribution in [0, 0.1) is 13.8 Å². The Morgan fingerprint density at radius 2 is 1.63 bits per heavy atom. The van der Waals surface area contributed by atoms with E-state index < -0.39 is 0 Å². The highest BCUT2D eigenvalue weighted by molar-refractivity contribution is 7.22. The van der Waals surface area contributed by atoms with Gasteiger partial charge in [0.25, 0.3) is 5.56 Å². The maximum atomic E-state index is 13.4. The van der Waals surface area contributed by atoms with Crippen molar-refractivity contribution in [3.05, 3.63) is 101 Å². The number of benzene rings is 3. The van der Waals surface area contributed by atoms with E-state index in [1.165, 1.54) is 21.5 Å². The number of aryl methyl sites for hydroxylation is 2. The van der Waals surface area contributed by atoms with Crippen molar-refractivity contribution in [2.45, 2.75) is 13.8 Å². The van der Waals surface area contributed by atoms with E-state index in [4.69, 9.17) is 13.9 Å². The van der Waals surface area contributed by atoms with Crippen LogP contribution in [0.2, 0.25) is 0 Å². The largest absolute Gasteiger partial charge is 0.493 e. The van der Waals surface area contributed by atoms with Crippen LogP contribution in [0.1, 0.15) is 11.1 Å². The molecule has 0 amide bonds. The van der Waals surface area contributed by atoms with Crippen molar-refractivity contribution in [2.24, 2.45) is 0 Å². The Labute approximate surface area is 240 Å². The number of rotatable bonds is 9. The Bertz CT molecular complexity index is 1870. The maximum Gasteiger partial charge on any atom is 0.315 e. The van der Waals surface area contributed by atoms with E-state index in [2.05, 4.69) is 51.7 Å². The number of anilines is 1. The van der Waals surface area contributed by atoms with Gasteiger partial charge in [-0.1, -0.05) is 52.6 Å². The second-order valence-electron chi connectivity index (χ2n) is 9.50. The minimum atomic E-state index is -0.136. The Morgan fingerprint density at radius 1 is 0.902 bits per heavy atom. The van der Waals surface area contributed by atoms with Crippen LogP contribution in [0.25, 0.3) is 37.8 Å². The molecule has 0 radical (unpaired) electrons. The van der Waals surface area contributed by atoms with Gasteiger partial charge < -0.3 is 19.2 Å². The molecule has 0 spiro atoms. The van der Waals surface area contributed by atoms with Crippen LogP contribution in [-0.4, -0.2) is 40.0 Å². The number of methoxy groups -OCH3 is 1.